The average molecular weight is 384 g/mol. The molecule has 1 aromatic rings. The maximum Gasteiger partial charge on any atom is 0.252 e. The van der Waals surface area contributed by atoms with Crippen molar-refractivity contribution in [2.24, 2.45) is 0 Å². The number of alkyl halides is 1. The number of benzene rings is 1. The second-order valence-electron chi connectivity index (χ2n) is 3.67. The summed E-state index contributed by atoms with van der Waals surface area (Å²) in [7, 11) is 0. The Morgan fingerprint density at radius 2 is 2.24 bits per heavy atom. The molecule has 1 rings (SSSR count). The van der Waals surface area contributed by atoms with E-state index in [0.29, 0.717) is 22.0 Å². The molecule has 0 heterocycles. The molecule has 1 atom stereocenters. The van der Waals surface area contributed by atoms with E-state index in [4.69, 9.17) is 11.6 Å². The standard InChI is InChI=1S/C12H14Br2ClNO/c1-2-8(13)5-6-16-12(17)10-7-9(14)3-4-11(10)15/h3-4,7-8H,2,5-6H2,1H3,(H,16,17). The van der Waals surface area contributed by atoms with Gasteiger partial charge in [0.05, 0.1) is 10.6 Å². The summed E-state index contributed by atoms with van der Waals surface area (Å²) >= 11 is 12.8. The number of nitrogens with one attached hydrogen (secondary N) is 1. The van der Waals surface area contributed by atoms with Crippen molar-refractivity contribution >= 4 is 49.4 Å². The number of amides is 1. The van der Waals surface area contributed by atoms with Crippen LogP contribution in [-0.4, -0.2) is 17.3 Å². The first-order valence-corrected chi connectivity index (χ1v) is 7.50. The number of hydrogen-bond donors (Lipinski definition) is 1. The molecule has 0 spiro atoms. The quantitative estimate of drug-likeness (QED) is 0.751. The van der Waals surface area contributed by atoms with Gasteiger partial charge in [0, 0.05) is 15.8 Å². The van der Waals surface area contributed by atoms with Crippen LogP contribution in [0.15, 0.2) is 22.7 Å². The van der Waals surface area contributed by atoms with Gasteiger partial charge in [0.1, 0.15) is 0 Å². The topological polar surface area (TPSA) is 29.1 Å². The fraction of sp³-hybridized carbons (Fsp3) is 0.417. The molecule has 1 amide bonds. The fourth-order valence-electron chi connectivity index (χ4n) is 1.31. The van der Waals surface area contributed by atoms with Crippen LogP contribution in [0.1, 0.15) is 30.1 Å². The van der Waals surface area contributed by atoms with Crippen LogP contribution in [0.4, 0.5) is 0 Å². The van der Waals surface area contributed by atoms with Gasteiger partial charge in [-0.05, 0) is 31.0 Å². The minimum atomic E-state index is -0.132. The van der Waals surface area contributed by atoms with Gasteiger partial charge in [0.25, 0.3) is 5.91 Å². The Morgan fingerprint density at radius 3 is 2.88 bits per heavy atom. The van der Waals surface area contributed by atoms with Gasteiger partial charge in [-0.2, -0.15) is 0 Å². The summed E-state index contributed by atoms with van der Waals surface area (Å²) in [5.74, 6) is -0.132. The monoisotopic (exact) mass is 381 g/mol. The molecule has 0 saturated heterocycles. The maximum absolute atomic E-state index is 11.9. The summed E-state index contributed by atoms with van der Waals surface area (Å²) in [5.41, 5.74) is 0.503. The van der Waals surface area contributed by atoms with Crippen LogP contribution in [0.5, 0.6) is 0 Å². The summed E-state index contributed by atoms with van der Waals surface area (Å²) in [6, 6.07) is 5.24. The molecule has 0 aliphatic carbocycles. The Hall–Kier alpha value is -0.0600. The number of hydrogen-bond acceptors (Lipinski definition) is 1. The zero-order chi connectivity index (χ0) is 12.8. The van der Waals surface area contributed by atoms with Crippen molar-refractivity contribution in [2.75, 3.05) is 6.54 Å². The van der Waals surface area contributed by atoms with Crippen LogP contribution >= 0.6 is 43.5 Å². The van der Waals surface area contributed by atoms with Gasteiger partial charge in [-0.1, -0.05) is 50.4 Å². The van der Waals surface area contributed by atoms with E-state index in [0.717, 1.165) is 17.3 Å². The van der Waals surface area contributed by atoms with E-state index in [1.165, 1.54) is 0 Å². The summed E-state index contributed by atoms with van der Waals surface area (Å²) in [5, 5.41) is 3.33. The summed E-state index contributed by atoms with van der Waals surface area (Å²) in [6.45, 7) is 2.75. The van der Waals surface area contributed by atoms with Crippen LogP contribution in [-0.2, 0) is 0 Å². The molecule has 2 nitrogen and oxygen atoms in total. The SMILES string of the molecule is CCC(Br)CCNC(=O)c1cc(Br)ccc1Cl. The van der Waals surface area contributed by atoms with E-state index in [9.17, 15) is 4.79 Å². The molecule has 1 N–H and O–H groups in total. The van der Waals surface area contributed by atoms with Crippen LogP contribution < -0.4 is 5.32 Å². The number of carbonyl (C=O) groups is 1. The lowest BCUT2D eigenvalue weighted by Crippen LogP contribution is -2.26. The normalized spacial score (nSPS) is 12.2. The maximum atomic E-state index is 11.9. The van der Waals surface area contributed by atoms with E-state index in [2.05, 4.69) is 44.1 Å². The first-order chi connectivity index (χ1) is 8.04. The molecule has 17 heavy (non-hydrogen) atoms. The number of rotatable bonds is 5. The average Bonchev–Trinajstić information content (AvgIpc) is 2.31. The molecule has 0 radical (unpaired) electrons. The third kappa shape index (κ3) is 4.98. The van der Waals surface area contributed by atoms with E-state index in [1.54, 1.807) is 12.1 Å². The second-order valence-corrected chi connectivity index (χ2v) is 6.29. The lowest BCUT2D eigenvalue weighted by molar-refractivity contribution is 0.0953. The van der Waals surface area contributed by atoms with E-state index >= 15 is 0 Å². The summed E-state index contributed by atoms with van der Waals surface area (Å²) in [6.07, 6.45) is 1.96. The Morgan fingerprint density at radius 1 is 1.53 bits per heavy atom. The second kappa shape index (κ2) is 7.39. The zero-order valence-corrected chi connectivity index (χ0v) is 13.4. The molecule has 94 valence electrons. The van der Waals surface area contributed by atoms with Gasteiger partial charge < -0.3 is 5.32 Å². The van der Waals surface area contributed by atoms with Crippen LogP contribution in [0, 0.1) is 0 Å². The molecule has 1 aromatic carbocycles. The van der Waals surface area contributed by atoms with Crippen molar-refractivity contribution in [2.45, 2.75) is 24.6 Å². The Kier molecular flexibility index (Phi) is 6.52. The molecule has 5 heteroatoms. The molecule has 0 bridgehead atoms. The van der Waals surface area contributed by atoms with E-state index < -0.39 is 0 Å². The minimum absolute atomic E-state index is 0.132. The third-order valence-corrected chi connectivity index (χ3v) is 4.29. The van der Waals surface area contributed by atoms with Gasteiger partial charge in [0.2, 0.25) is 0 Å². The first kappa shape index (κ1) is 15.0. The lowest BCUT2D eigenvalue weighted by Gasteiger charge is -2.09. The van der Waals surface area contributed by atoms with Crippen molar-refractivity contribution in [1.82, 2.24) is 5.32 Å². The zero-order valence-electron chi connectivity index (χ0n) is 9.47. The predicted octanol–water partition coefficient (Wildman–Crippen LogP) is 4.40. The van der Waals surface area contributed by atoms with Crippen LogP contribution in [0.2, 0.25) is 5.02 Å². The first-order valence-electron chi connectivity index (χ1n) is 5.42. The third-order valence-electron chi connectivity index (χ3n) is 2.36. The molecule has 0 saturated carbocycles. The molecule has 0 aromatic heterocycles. The largest absolute Gasteiger partial charge is 0.352 e. The predicted molar refractivity (Wildman–Crippen MR) is 79.1 cm³/mol. The van der Waals surface area contributed by atoms with Crippen molar-refractivity contribution in [3.63, 3.8) is 0 Å². The molecule has 1 unspecified atom stereocenters. The van der Waals surface area contributed by atoms with E-state index in [-0.39, 0.29) is 5.91 Å². The summed E-state index contributed by atoms with van der Waals surface area (Å²) in [4.78, 5) is 12.3. The Bertz CT molecular complexity index is 398. The highest BCUT2D eigenvalue weighted by atomic mass is 79.9. The summed E-state index contributed by atoms with van der Waals surface area (Å²) < 4.78 is 0.846. The molecule has 0 aliphatic rings. The Labute approximate surface area is 123 Å². The molecular formula is C12H14Br2ClNO. The molecule has 0 aliphatic heterocycles. The molecular weight excluding hydrogens is 369 g/mol. The van der Waals surface area contributed by atoms with Crippen molar-refractivity contribution < 1.29 is 4.79 Å². The highest BCUT2D eigenvalue weighted by Crippen LogP contribution is 2.20. The van der Waals surface area contributed by atoms with Crippen molar-refractivity contribution in [3.8, 4) is 0 Å². The van der Waals surface area contributed by atoms with Gasteiger partial charge in [-0.25, -0.2) is 0 Å². The highest BCUT2D eigenvalue weighted by Gasteiger charge is 2.10. The number of carbonyl (C=O) groups excluding carboxylic acids is 1. The van der Waals surface area contributed by atoms with Crippen molar-refractivity contribution in [1.29, 1.82) is 0 Å². The van der Waals surface area contributed by atoms with Crippen molar-refractivity contribution in [3.05, 3.63) is 33.3 Å². The minimum Gasteiger partial charge on any atom is -0.352 e. The Balaban J connectivity index is 2.55. The van der Waals surface area contributed by atoms with Crippen LogP contribution in [0.25, 0.3) is 0 Å². The van der Waals surface area contributed by atoms with Gasteiger partial charge in [0.15, 0.2) is 0 Å². The van der Waals surface area contributed by atoms with Crippen LogP contribution in [0.3, 0.4) is 0 Å². The van der Waals surface area contributed by atoms with Gasteiger partial charge >= 0.3 is 0 Å². The van der Waals surface area contributed by atoms with E-state index in [1.807, 2.05) is 6.07 Å². The fourth-order valence-corrected chi connectivity index (χ4v) is 2.11. The van der Waals surface area contributed by atoms with Gasteiger partial charge in [-0.3, -0.25) is 4.79 Å². The smallest absolute Gasteiger partial charge is 0.252 e. The van der Waals surface area contributed by atoms with Gasteiger partial charge in [-0.15, -0.1) is 0 Å². The lowest BCUT2D eigenvalue weighted by atomic mass is 10.2. The molecule has 0 fully saturated rings. The highest BCUT2D eigenvalue weighted by molar-refractivity contribution is 9.10. The number of halogens is 3.